The lowest BCUT2D eigenvalue weighted by atomic mass is 9.89. The largest absolute Gasteiger partial charge is 0.487 e. The van der Waals surface area contributed by atoms with Gasteiger partial charge >= 0.3 is 0 Å². The number of halogens is 1. The highest BCUT2D eigenvalue weighted by atomic mass is 19.1. The third kappa shape index (κ3) is 3.45. The molecule has 0 radical (unpaired) electrons. The second-order valence-corrected chi connectivity index (χ2v) is 5.31. The van der Waals surface area contributed by atoms with Crippen molar-refractivity contribution < 1.29 is 9.13 Å². The Labute approximate surface area is 109 Å². The maximum Gasteiger partial charge on any atom is 0.165 e. The van der Waals surface area contributed by atoms with Gasteiger partial charge < -0.3 is 10.1 Å². The summed E-state index contributed by atoms with van der Waals surface area (Å²) in [7, 11) is 1.85. The van der Waals surface area contributed by atoms with E-state index in [1.54, 1.807) is 12.1 Å². The fraction of sp³-hybridized carbons (Fsp3) is 0.600. The van der Waals surface area contributed by atoms with Crippen LogP contribution < -0.4 is 10.1 Å². The van der Waals surface area contributed by atoms with Crippen molar-refractivity contribution in [1.29, 1.82) is 0 Å². The van der Waals surface area contributed by atoms with Crippen LogP contribution in [-0.2, 0) is 6.54 Å². The summed E-state index contributed by atoms with van der Waals surface area (Å²) in [5.41, 5.74) is 0.944. The van der Waals surface area contributed by atoms with E-state index in [4.69, 9.17) is 4.74 Å². The smallest absolute Gasteiger partial charge is 0.165 e. The minimum absolute atomic E-state index is 0.179. The highest BCUT2D eigenvalue weighted by Crippen LogP contribution is 2.28. The van der Waals surface area contributed by atoms with Gasteiger partial charge in [0, 0.05) is 6.54 Å². The van der Waals surface area contributed by atoms with Gasteiger partial charge in [-0.2, -0.15) is 0 Å². The average Bonchev–Trinajstić information content (AvgIpc) is 2.33. The van der Waals surface area contributed by atoms with Crippen LogP contribution in [0.5, 0.6) is 5.75 Å². The van der Waals surface area contributed by atoms with Gasteiger partial charge in [0.15, 0.2) is 11.6 Å². The van der Waals surface area contributed by atoms with E-state index in [2.05, 4.69) is 12.2 Å². The molecule has 0 heterocycles. The molecule has 0 aliphatic heterocycles. The third-order valence-corrected chi connectivity index (χ3v) is 3.56. The average molecular weight is 251 g/mol. The van der Waals surface area contributed by atoms with Gasteiger partial charge in [-0.25, -0.2) is 4.39 Å². The molecule has 0 saturated heterocycles. The van der Waals surface area contributed by atoms with Crippen molar-refractivity contribution >= 4 is 0 Å². The lowest BCUT2D eigenvalue weighted by molar-refractivity contribution is 0.124. The van der Waals surface area contributed by atoms with E-state index in [0.717, 1.165) is 18.4 Å². The van der Waals surface area contributed by atoms with Crippen LogP contribution in [0, 0.1) is 11.7 Å². The number of rotatable bonds is 4. The number of hydrogen-bond donors (Lipinski definition) is 1. The molecule has 0 aromatic heterocycles. The summed E-state index contributed by atoms with van der Waals surface area (Å²) >= 11 is 0. The minimum Gasteiger partial charge on any atom is -0.487 e. The molecular formula is C15H22FNO. The molecule has 1 aromatic rings. The van der Waals surface area contributed by atoms with E-state index < -0.39 is 0 Å². The molecule has 1 aliphatic rings. The van der Waals surface area contributed by atoms with Gasteiger partial charge in [0.05, 0.1) is 6.10 Å². The Hall–Kier alpha value is -1.09. The van der Waals surface area contributed by atoms with E-state index in [1.165, 1.54) is 12.8 Å². The molecule has 1 N–H and O–H groups in total. The minimum atomic E-state index is -0.249. The molecule has 1 saturated carbocycles. The number of benzene rings is 1. The summed E-state index contributed by atoms with van der Waals surface area (Å²) in [6.07, 6.45) is 4.72. The van der Waals surface area contributed by atoms with Crippen LogP contribution in [0.4, 0.5) is 4.39 Å². The number of nitrogens with one attached hydrogen (secondary N) is 1. The van der Waals surface area contributed by atoms with Crippen molar-refractivity contribution in [2.45, 2.75) is 45.3 Å². The van der Waals surface area contributed by atoms with Crippen molar-refractivity contribution in [2.24, 2.45) is 5.92 Å². The lowest BCUT2D eigenvalue weighted by Gasteiger charge is -2.27. The zero-order valence-corrected chi connectivity index (χ0v) is 11.2. The predicted molar refractivity (Wildman–Crippen MR) is 71.2 cm³/mol. The molecule has 1 fully saturated rings. The normalized spacial score (nSPS) is 23.9. The fourth-order valence-electron chi connectivity index (χ4n) is 2.62. The topological polar surface area (TPSA) is 21.3 Å². The van der Waals surface area contributed by atoms with Crippen molar-refractivity contribution in [3.63, 3.8) is 0 Å². The molecule has 2 atom stereocenters. The van der Waals surface area contributed by atoms with Crippen LogP contribution in [-0.4, -0.2) is 13.2 Å². The van der Waals surface area contributed by atoms with Crippen LogP contribution in [0.1, 0.15) is 38.2 Å². The van der Waals surface area contributed by atoms with Gasteiger partial charge in [0.2, 0.25) is 0 Å². The molecule has 1 aromatic carbocycles. The zero-order valence-electron chi connectivity index (χ0n) is 11.2. The first-order valence-electron chi connectivity index (χ1n) is 6.78. The Morgan fingerprint density at radius 2 is 2.22 bits per heavy atom. The molecule has 2 unspecified atom stereocenters. The van der Waals surface area contributed by atoms with Crippen LogP contribution in [0.25, 0.3) is 0 Å². The summed E-state index contributed by atoms with van der Waals surface area (Å²) in [6, 6.07) is 5.22. The van der Waals surface area contributed by atoms with Crippen LogP contribution >= 0.6 is 0 Å². The summed E-state index contributed by atoms with van der Waals surface area (Å²) in [6.45, 7) is 2.92. The Kier molecular flexibility index (Phi) is 4.59. The lowest BCUT2D eigenvalue weighted by Crippen LogP contribution is -2.24. The maximum atomic E-state index is 13.9. The SMILES string of the molecule is CNCc1ccc(OC2CCCC(C)C2)c(F)c1. The van der Waals surface area contributed by atoms with Crippen LogP contribution in [0.15, 0.2) is 18.2 Å². The third-order valence-electron chi connectivity index (χ3n) is 3.56. The second-order valence-electron chi connectivity index (χ2n) is 5.31. The van der Waals surface area contributed by atoms with Gasteiger partial charge in [-0.15, -0.1) is 0 Å². The fourth-order valence-corrected chi connectivity index (χ4v) is 2.62. The van der Waals surface area contributed by atoms with Crippen molar-refractivity contribution in [1.82, 2.24) is 5.32 Å². The van der Waals surface area contributed by atoms with Crippen molar-refractivity contribution in [3.05, 3.63) is 29.6 Å². The monoisotopic (exact) mass is 251 g/mol. The first-order chi connectivity index (χ1) is 8.69. The Morgan fingerprint density at radius 3 is 2.89 bits per heavy atom. The summed E-state index contributed by atoms with van der Waals surface area (Å²) < 4.78 is 19.7. The van der Waals surface area contributed by atoms with E-state index in [1.807, 2.05) is 13.1 Å². The molecule has 2 nitrogen and oxygen atoms in total. The molecule has 18 heavy (non-hydrogen) atoms. The highest BCUT2D eigenvalue weighted by Gasteiger charge is 2.21. The maximum absolute atomic E-state index is 13.9. The van der Waals surface area contributed by atoms with Gasteiger partial charge in [0.1, 0.15) is 0 Å². The summed E-state index contributed by atoms with van der Waals surface area (Å²) in [5, 5.41) is 3.01. The molecule has 0 bridgehead atoms. The van der Waals surface area contributed by atoms with Crippen molar-refractivity contribution in [3.8, 4) is 5.75 Å². The quantitative estimate of drug-likeness (QED) is 0.884. The van der Waals surface area contributed by atoms with Crippen LogP contribution in [0.2, 0.25) is 0 Å². The van der Waals surface area contributed by atoms with E-state index in [9.17, 15) is 4.39 Å². The zero-order chi connectivity index (χ0) is 13.0. The van der Waals surface area contributed by atoms with Gasteiger partial charge in [-0.1, -0.05) is 19.4 Å². The highest BCUT2D eigenvalue weighted by molar-refractivity contribution is 5.29. The summed E-state index contributed by atoms with van der Waals surface area (Å²) in [5.74, 6) is 0.838. The van der Waals surface area contributed by atoms with E-state index >= 15 is 0 Å². The standard InChI is InChI=1S/C15H22FNO/c1-11-4-3-5-13(8-11)18-15-7-6-12(10-17-2)9-14(15)16/h6-7,9,11,13,17H,3-5,8,10H2,1-2H3. The molecular weight excluding hydrogens is 229 g/mol. The molecule has 0 amide bonds. The van der Waals surface area contributed by atoms with Crippen LogP contribution in [0.3, 0.4) is 0 Å². The predicted octanol–water partition coefficient (Wildman–Crippen LogP) is 3.50. The molecule has 100 valence electrons. The molecule has 3 heteroatoms. The van der Waals surface area contributed by atoms with Gasteiger partial charge in [-0.05, 0) is 49.9 Å². The molecule has 0 spiro atoms. The Morgan fingerprint density at radius 1 is 1.39 bits per heavy atom. The Bertz CT molecular complexity index is 394. The van der Waals surface area contributed by atoms with E-state index in [0.29, 0.717) is 18.2 Å². The number of hydrogen-bond acceptors (Lipinski definition) is 2. The van der Waals surface area contributed by atoms with Gasteiger partial charge in [-0.3, -0.25) is 0 Å². The first kappa shape index (κ1) is 13.3. The second kappa shape index (κ2) is 6.19. The molecule has 2 rings (SSSR count). The van der Waals surface area contributed by atoms with Gasteiger partial charge in [0.25, 0.3) is 0 Å². The number of ether oxygens (including phenoxy) is 1. The van der Waals surface area contributed by atoms with E-state index in [-0.39, 0.29) is 11.9 Å². The first-order valence-corrected chi connectivity index (χ1v) is 6.78. The Balaban J connectivity index is 2.00. The van der Waals surface area contributed by atoms with Crippen molar-refractivity contribution in [2.75, 3.05) is 7.05 Å². The summed E-state index contributed by atoms with van der Waals surface area (Å²) in [4.78, 5) is 0. The molecule has 1 aliphatic carbocycles.